The van der Waals surface area contributed by atoms with Crippen molar-refractivity contribution in [3.8, 4) is 11.4 Å². The Morgan fingerprint density at radius 2 is 1.90 bits per heavy atom. The van der Waals surface area contributed by atoms with E-state index < -0.39 is 0 Å². The average Bonchev–Trinajstić information content (AvgIpc) is 2.41. The van der Waals surface area contributed by atoms with Crippen molar-refractivity contribution in [2.24, 2.45) is 0 Å². The van der Waals surface area contributed by atoms with Crippen LogP contribution in [0.25, 0.3) is 11.4 Å². The van der Waals surface area contributed by atoms with Crippen molar-refractivity contribution >= 4 is 33.3 Å². The minimum atomic E-state index is -0.0362. The van der Waals surface area contributed by atoms with E-state index in [9.17, 15) is 0 Å². The van der Waals surface area contributed by atoms with Gasteiger partial charge in [-0.1, -0.05) is 32.4 Å². The smallest absolute Gasteiger partial charge is 0.161 e. The van der Waals surface area contributed by atoms with Crippen molar-refractivity contribution in [1.82, 2.24) is 9.97 Å². The van der Waals surface area contributed by atoms with Gasteiger partial charge in [-0.05, 0) is 41.1 Å². The van der Waals surface area contributed by atoms with Crippen LogP contribution in [0.15, 0.2) is 28.7 Å². The van der Waals surface area contributed by atoms with Gasteiger partial charge in [-0.3, -0.25) is 0 Å². The van der Waals surface area contributed by atoms with Crippen LogP contribution < -0.4 is 5.32 Å². The van der Waals surface area contributed by atoms with E-state index in [1.807, 2.05) is 24.3 Å². The number of nitrogens with one attached hydrogen (secondary N) is 1. The van der Waals surface area contributed by atoms with E-state index in [0.717, 1.165) is 28.1 Å². The minimum Gasteiger partial charge on any atom is -0.370 e. The van der Waals surface area contributed by atoms with Crippen LogP contribution in [-0.2, 0) is 5.41 Å². The Morgan fingerprint density at radius 1 is 1.19 bits per heavy atom. The fourth-order valence-corrected chi connectivity index (χ4v) is 2.36. The van der Waals surface area contributed by atoms with Crippen LogP contribution in [0, 0.1) is 0 Å². The lowest BCUT2D eigenvalue weighted by molar-refractivity contribution is 0.568. The molecule has 1 heterocycles. The highest BCUT2D eigenvalue weighted by Crippen LogP contribution is 2.30. The van der Waals surface area contributed by atoms with E-state index in [4.69, 9.17) is 16.6 Å². The summed E-state index contributed by atoms with van der Waals surface area (Å²) in [5.41, 5.74) is 1.91. The SMILES string of the molecule is CCNc1cc(C(C)(C)C)nc(-c2ccc(Cl)c(Br)c2)n1. The zero-order valence-corrected chi connectivity index (χ0v) is 15.0. The number of aromatic nitrogens is 2. The van der Waals surface area contributed by atoms with Crippen molar-refractivity contribution in [2.45, 2.75) is 33.1 Å². The monoisotopic (exact) mass is 367 g/mol. The molecule has 1 aromatic carbocycles. The molecule has 0 atom stereocenters. The third-order valence-electron chi connectivity index (χ3n) is 3.03. The maximum absolute atomic E-state index is 6.05. The molecular weight excluding hydrogens is 350 g/mol. The number of halogens is 2. The lowest BCUT2D eigenvalue weighted by Gasteiger charge is -2.19. The van der Waals surface area contributed by atoms with Gasteiger partial charge >= 0.3 is 0 Å². The third kappa shape index (κ3) is 3.95. The van der Waals surface area contributed by atoms with E-state index in [-0.39, 0.29) is 5.41 Å². The Labute approximate surface area is 139 Å². The van der Waals surface area contributed by atoms with Gasteiger partial charge in [-0.2, -0.15) is 0 Å². The van der Waals surface area contributed by atoms with Gasteiger partial charge in [0, 0.05) is 28.1 Å². The largest absolute Gasteiger partial charge is 0.370 e. The molecule has 0 unspecified atom stereocenters. The van der Waals surface area contributed by atoms with Crippen molar-refractivity contribution in [3.63, 3.8) is 0 Å². The van der Waals surface area contributed by atoms with Crippen molar-refractivity contribution < 1.29 is 0 Å². The van der Waals surface area contributed by atoms with Gasteiger partial charge in [0.15, 0.2) is 5.82 Å². The topological polar surface area (TPSA) is 37.8 Å². The molecule has 21 heavy (non-hydrogen) atoms. The van der Waals surface area contributed by atoms with Crippen LogP contribution in [0.1, 0.15) is 33.4 Å². The van der Waals surface area contributed by atoms with Crippen molar-refractivity contribution in [1.29, 1.82) is 0 Å². The van der Waals surface area contributed by atoms with E-state index in [1.54, 1.807) is 0 Å². The molecule has 0 aliphatic carbocycles. The van der Waals surface area contributed by atoms with Gasteiger partial charge < -0.3 is 5.32 Å². The summed E-state index contributed by atoms with van der Waals surface area (Å²) in [6, 6.07) is 7.74. The molecule has 3 nitrogen and oxygen atoms in total. The number of hydrogen-bond donors (Lipinski definition) is 1. The second kappa shape index (κ2) is 6.32. The summed E-state index contributed by atoms with van der Waals surface area (Å²) in [5.74, 6) is 1.55. The molecule has 1 aromatic heterocycles. The lowest BCUT2D eigenvalue weighted by atomic mass is 9.91. The minimum absolute atomic E-state index is 0.0362. The quantitative estimate of drug-likeness (QED) is 0.800. The van der Waals surface area contributed by atoms with Crippen LogP contribution in [0.3, 0.4) is 0 Å². The van der Waals surface area contributed by atoms with E-state index in [1.165, 1.54) is 0 Å². The first kappa shape index (κ1) is 16.2. The summed E-state index contributed by atoms with van der Waals surface area (Å²) < 4.78 is 0.844. The number of nitrogens with zero attached hydrogens (tertiary/aromatic N) is 2. The Hall–Kier alpha value is -1.13. The summed E-state index contributed by atoms with van der Waals surface area (Å²) in [4.78, 5) is 9.30. The Kier molecular flexibility index (Phi) is 4.89. The van der Waals surface area contributed by atoms with E-state index >= 15 is 0 Å². The summed E-state index contributed by atoms with van der Waals surface area (Å²) in [7, 11) is 0. The van der Waals surface area contributed by atoms with E-state index in [0.29, 0.717) is 10.8 Å². The third-order valence-corrected chi connectivity index (χ3v) is 4.24. The summed E-state index contributed by atoms with van der Waals surface area (Å²) in [5, 5.41) is 3.95. The summed E-state index contributed by atoms with van der Waals surface area (Å²) >= 11 is 9.50. The average molecular weight is 369 g/mol. The maximum atomic E-state index is 6.05. The van der Waals surface area contributed by atoms with Gasteiger partial charge in [-0.15, -0.1) is 0 Å². The zero-order chi connectivity index (χ0) is 15.6. The van der Waals surface area contributed by atoms with E-state index in [2.05, 4.69) is 53.9 Å². The highest BCUT2D eigenvalue weighted by Gasteiger charge is 2.18. The maximum Gasteiger partial charge on any atom is 0.161 e. The molecule has 0 saturated heterocycles. The van der Waals surface area contributed by atoms with Gasteiger partial charge in [-0.25, -0.2) is 9.97 Å². The van der Waals surface area contributed by atoms with Crippen LogP contribution >= 0.6 is 27.5 Å². The predicted octanol–water partition coefficient (Wildman–Crippen LogP) is 5.29. The predicted molar refractivity (Wildman–Crippen MR) is 93.0 cm³/mol. The van der Waals surface area contributed by atoms with Gasteiger partial charge in [0.05, 0.1) is 10.7 Å². The van der Waals surface area contributed by atoms with Crippen LogP contribution in [0.2, 0.25) is 5.02 Å². The first-order chi connectivity index (χ1) is 9.81. The number of anilines is 1. The van der Waals surface area contributed by atoms with Gasteiger partial charge in [0.2, 0.25) is 0 Å². The molecule has 0 saturated carbocycles. The molecule has 0 fully saturated rings. The fraction of sp³-hybridized carbons (Fsp3) is 0.375. The highest BCUT2D eigenvalue weighted by molar-refractivity contribution is 9.10. The zero-order valence-electron chi connectivity index (χ0n) is 12.7. The molecule has 0 radical (unpaired) electrons. The standard InChI is InChI=1S/C16H19BrClN3/c1-5-19-14-9-13(16(2,3)4)20-15(21-14)10-6-7-12(18)11(17)8-10/h6-9H,5H2,1-4H3,(H,19,20,21). The molecule has 2 rings (SSSR count). The molecule has 0 aliphatic rings. The Balaban J connectivity index is 2.56. The molecule has 0 aliphatic heterocycles. The normalized spacial score (nSPS) is 11.5. The summed E-state index contributed by atoms with van der Waals surface area (Å²) in [6.45, 7) is 9.31. The molecule has 0 bridgehead atoms. The fourth-order valence-electron chi connectivity index (χ4n) is 1.87. The number of rotatable bonds is 3. The first-order valence-electron chi connectivity index (χ1n) is 6.90. The molecule has 1 N–H and O–H groups in total. The molecule has 0 spiro atoms. The van der Waals surface area contributed by atoms with Crippen LogP contribution in [0.5, 0.6) is 0 Å². The van der Waals surface area contributed by atoms with Crippen LogP contribution in [-0.4, -0.2) is 16.5 Å². The lowest BCUT2D eigenvalue weighted by Crippen LogP contribution is -2.16. The molecule has 2 aromatic rings. The molecule has 112 valence electrons. The Morgan fingerprint density at radius 3 is 2.48 bits per heavy atom. The van der Waals surface area contributed by atoms with Crippen LogP contribution in [0.4, 0.5) is 5.82 Å². The first-order valence-corrected chi connectivity index (χ1v) is 8.07. The molecule has 0 amide bonds. The Bertz CT molecular complexity index is 650. The molecular formula is C16H19BrClN3. The van der Waals surface area contributed by atoms with Crippen molar-refractivity contribution in [2.75, 3.05) is 11.9 Å². The number of benzene rings is 1. The molecule has 5 heteroatoms. The number of hydrogen-bond acceptors (Lipinski definition) is 3. The van der Waals surface area contributed by atoms with Gasteiger partial charge in [0.1, 0.15) is 5.82 Å². The highest BCUT2D eigenvalue weighted by atomic mass is 79.9. The van der Waals surface area contributed by atoms with Gasteiger partial charge in [0.25, 0.3) is 0 Å². The second-order valence-electron chi connectivity index (χ2n) is 5.87. The summed E-state index contributed by atoms with van der Waals surface area (Å²) in [6.07, 6.45) is 0. The van der Waals surface area contributed by atoms with Crippen molar-refractivity contribution in [3.05, 3.63) is 39.5 Å². The second-order valence-corrected chi connectivity index (χ2v) is 7.13.